The molecule has 0 aliphatic heterocycles. The first-order chi connectivity index (χ1) is 14.9. The number of carbonyl (C=O) groups is 3. The highest BCUT2D eigenvalue weighted by Crippen LogP contribution is 2.55. The van der Waals surface area contributed by atoms with Gasteiger partial charge in [0.1, 0.15) is 22.8 Å². The van der Waals surface area contributed by atoms with Crippen LogP contribution in [-0.4, -0.2) is 79.7 Å². The summed E-state index contributed by atoms with van der Waals surface area (Å²) in [7, 11) is 2.92. The van der Waals surface area contributed by atoms with Crippen LogP contribution in [0.3, 0.4) is 0 Å². The molecule has 3 unspecified atom stereocenters. The summed E-state index contributed by atoms with van der Waals surface area (Å²) < 4.78 is 0. The second-order valence-corrected chi connectivity index (χ2v) is 8.79. The van der Waals surface area contributed by atoms with E-state index in [1.165, 1.54) is 25.1 Å². The highest BCUT2D eigenvalue weighted by atomic mass is 16.4. The molecule has 6 atom stereocenters. The van der Waals surface area contributed by atoms with Gasteiger partial charge >= 0.3 is 0 Å². The Labute approximate surface area is 182 Å². The number of hydrogen-bond donors (Lipinski definition) is 6. The third-order valence-corrected chi connectivity index (χ3v) is 6.99. The van der Waals surface area contributed by atoms with Gasteiger partial charge in [-0.05, 0) is 31.6 Å². The summed E-state index contributed by atoms with van der Waals surface area (Å²) in [6.07, 6.45) is -1.59. The molecule has 1 saturated carbocycles. The summed E-state index contributed by atoms with van der Waals surface area (Å²) in [5.74, 6) is -8.87. The van der Waals surface area contributed by atoms with Gasteiger partial charge in [0.05, 0.1) is 23.6 Å². The number of primary amides is 1. The van der Waals surface area contributed by atoms with Gasteiger partial charge in [-0.3, -0.25) is 19.3 Å². The molecule has 1 fully saturated rings. The number of aliphatic hydroxyl groups excluding tert-OH is 3. The number of fused-ring (bicyclic) bond motifs is 3. The number of ketones is 2. The van der Waals surface area contributed by atoms with Crippen molar-refractivity contribution in [3.63, 3.8) is 0 Å². The highest BCUT2D eigenvalue weighted by Gasteiger charge is 2.68. The summed E-state index contributed by atoms with van der Waals surface area (Å²) in [6, 6.07) is 3.13. The second-order valence-electron chi connectivity index (χ2n) is 8.79. The molecule has 7 N–H and O–H groups in total. The quantitative estimate of drug-likeness (QED) is 0.327. The van der Waals surface area contributed by atoms with E-state index in [0.29, 0.717) is 5.56 Å². The predicted octanol–water partition coefficient (Wildman–Crippen LogP) is -0.504. The summed E-state index contributed by atoms with van der Waals surface area (Å²) in [5.41, 5.74) is 1.47. The number of likely N-dealkylation sites (N-methyl/N-ethyl adjacent to an activating group) is 1. The molecule has 0 radical (unpaired) electrons. The molecule has 0 heterocycles. The Kier molecular flexibility index (Phi) is 4.74. The highest BCUT2D eigenvalue weighted by molar-refractivity contribution is 6.24. The minimum Gasteiger partial charge on any atom is -0.508 e. The number of rotatable bonds is 2. The lowest BCUT2D eigenvalue weighted by Crippen LogP contribution is -2.70. The maximum absolute atomic E-state index is 13.7. The maximum atomic E-state index is 13.7. The minimum absolute atomic E-state index is 0.0245. The van der Waals surface area contributed by atoms with E-state index in [1.54, 1.807) is 19.1 Å². The molecular formula is C22H24N2O8. The predicted molar refractivity (Wildman–Crippen MR) is 110 cm³/mol. The van der Waals surface area contributed by atoms with Crippen molar-refractivity contribution in [3.05, 3.63) is 46.2 Å². The Balaban J connectivity index is 2.07. The van der Waals surface area contributed by atoms with E-state index in [4.69, 9.17) is 5.73 Å². The summed E-state index contributed by atoms with van der Waals surface area (Å²) in [5, 5.41) is 54.9. The molecule has 3 aliphatic carbocycles. The zero-order valence-corrected chi connectivity index (χ0v) is 17.6. The van der Waals surface area contributed by atoms with E-state index in [0.717, 1.165) is 0 Å². The number of nitrogens with two attached hydrogens (primary N) is 1. The zero-order chi connectivity index (χ0) is 23.9. The zero-order valence-electron chi connectivity index (χ0n) is 17.6. The number of hydrogen-bond acceptors (Lipinski definition) is 9. The molecule has 0 bridgehead atoms. The number of phenols is 1. The molecule has 10 heteroatoms. The molecule has 3 aliphatic rings. The fourth-order valence-electron chi connectivity index (χ4n) is 5.58. The van der Waals surface area contributed by atoms with Crippen LogP contribution in [0.25, 0.3) is 5.76 Å². The van der Waals surface area contributed by atoms with Crippen LogP contribution in [0.5, 0.6) is 5.75 Å². The summed E-state index contributed by atoms with van der Waals surface area (Å²) in [4.78, 5) is 40.0. The van der Waals surface area contributed by atoms with Gasteiger partial charge in [0.15, 0.2) is 11.4 Å². The van der Waals surface area contributed by atoms with Crippen molar-refractivity contribution in [2.75, 3.05) is 14.1 Å². The fraction of sp³-hybridized carbons (Fsp3) is 0.409. The molecule has 1 aromatic carbocycles. The standard InChI is InChI=1S/C22H24N2O8/c1-7-8-5-4-6-9(25)11(8)16(26)12-10(7)17(27)14-15(24(2)3)18(28)13(21(23)31)20(30)22(14,32)19(12)29/h4-7,10,14-15,17,25-27,30,32H,1-3H3,(H2,23,31)/t7-,10?,14?,15-,17?,22-/m0/s1. The first-order valence-electron chi connectivity index (χ1n) is 10.0. The van der Waals surface area contributed by atoms with E-state index >= 15 is 0 Å². The van der Waals surface area contributed by atoms with Crippen molar-refractivity contribution >= 4 is 23.2 Å². The monoisotopic (exact) mass is 444 g/mol. The molecular weight excluding hydrogens is 420 g/mol. The summed E-state index contributed by atoms with van der Waals surface area (Å²) in [6.45, 7) is 1.68. The molecule has 4 rings (SSSR count). The van der Waals surface area contributed by atoms with Gasteiger partial charge in [-0.25, -0.2) is 0 Å². The van der Waals surface area contributed by atoms with Gasteiger partial charge in [0.25, 0.3) is 5.91 Å². The van der Waals surface area contributed by atoms with Crippen LogP contribution in [-0.2, 0) is 14.4 Å². The molecule has 0 spiro atoms. The van der Waals surface area contributed by atoms with Gasteiger partial charge in [-0.1, -0.05) is 19.1 Å². The number of carbonyl (C=O) groups excluding carboxylic acids is 3. The smallest absolute Gasteiger partial charge is 0.255 e. The van der Waals surface area contributed by atoms with Gasteiger partial charge in [-0.15, -0.1) is 0 Å². The van der Waals surface area contributed by atoms with Gasteiger partial charge in [0.2, 0.25) is 5.78 Å². The second kappa shape index (κ2) is 6.89. The lowest BCUT2D eigenvalue weighted by atomic mass is 9.54. The van der Waals surface area contributed by atoms with Crippen LogP contribution in [0.15, 0.2) is 35.1 Å². The topological polar surface area (TPSA) is 182 Å². The average Bonchev–Trinajstić information content (AvgIpc) is 2.70. The van der Waals surface area contributed by atoms with E-state index in [2.05, 4.69) is 0 Å². The maximum Gasteiger partial charge on any atom is 0.255 e. The molecule has 1 aromatic rings. The van der Waals surface area contributed by atoms with Crippen LogP contribution >= 0.6 is 0 Å². The molecule has 0 aromatic heterocycles. The van der Waals surface area contributed by atoms with Gasteiger partial charge in [-0.2, -0.15) is 0 Å². The van der Waals surface area contributed by atoms with Gasteiger partial charge < -0.3 is 31.3 Å². The number of aromatic hydroxyl groups is 1. The number of nitrogens with zero attached hydrogens (tertiary/aromatic N) is 1. The van der Waals surface area contributed by atoms with Crippen LogP contribution in [0, 0.1) is 11.8 Å². The Hall–Kier alpha value is -3.21. The number of Topliss-reactive ketones (excluding diaryl/α,β-unsaturated/α-hetero) is 2. The molecule has 1 amide bonds. The van der Waals surface area contributed by atoms with E-state index in [9.17, 15) is 39.9 Å². The lowest BCUT2D eigenvalue weighted by Gasteiger charge is -2.53. The molecule has 32 heavy (non-hydrogen) atoms. The SMILES string of the molecule is C[C@H]1c2cccc(O)c2C(O)=C2C(=O)[C@]3(O)C(O)=C(C(N)=O)C(=O)[C@@H](N(C)C)C3C(O)C21. The Morgan fingerprint density at radius 1 is 1.16 bits per heavy atom. The first kappa shape index (κ1) is 22.0. The minimum atomic E-state index is -2.89. The molecule has 0 saturated heterocycles. The van der Waals surface area contributed by atoms with Gasteiger partial charge in [0, 0.05) is 11.5 Å². The van der Waals surface area contributed by atoms with Crippen molar-refractivity contribution in [2.24, 2.45) is 17.6 Å². The fourth-order valence-corrected chi connectivity index (χ4v) is 5.58. The van der Waals surface area contributed by atoms with E-state index in [1.807, 2.05) is 0 Å². The Morgan fingerprint density at radius 3 is 2.34 bits per heavy atom. The lowest BCUT2D eigenvalue weighted by molar-refractivity contribution is -0.169. The number of aliphatic hydroxyl groups is 4. The third-order valence-electron chi connectivity index (χ3n) is 6.99. The molecule has 10 nitrogen and oxygen atoms in total. The van der Waals surface area contributed by atoms with Crippen molar-refractivity contribution in [1.82, 2.24) is 4.90 Å². The van der Waals surface area contributed by atoms with Crippen LogP contribution in [0.1, 0.15) is 24.0 Å². The van der Waals surface area contributed by atoms with Crippen molar-refractivity contribution in [2.45, 2.75) is 30.6 Å². The average molecular weight is 444 g/mol. The Morgan fingerprint density at radius 2 is 1.78 bits per heavy atom. The van der Waals surface area contributed by atoms with Crippen LogP contribution < -0.4 is 5.73 Å². The first-order valence-corrected chi connectivity index (χ1v) is 10.0. The number of phenolic OH excluding ortho intramolecular Hbond substituents is 1. The van der Waals surface area contributed by atoms with Crippen molar-refractivity contribution in [3.8, 4) is 5.75 Å². The summed E-state index contributed by atoms with van der Waals surface area (Å²) >= 11 is 0. The normalized spacial score (nSPS) is 34.4. The third kappa shape index (κ3) is 2.48. The van der Waals surface area contributed by atoms with Crippen molar-refractivity contribution in [1.29, 1.82) is 0 Å². The van der Waals surface area contributed by atoms with Crippen LogP contribution in [0.4, 0.5) is 0 Å². The largest absolute Gasteiger partial charge is 0.508 e. The molecule has 170 valence electrons. The Bertz CT molecular complexity index is 1140. The van der Waals surface area contributed by atoms with Crippen LogP contribution in [0.2, 0.25) is 0 Å². The number of benzene rings is 1. The van der Waals surface area contributed by atoms with Crippen molar-refractivity contribution < 1.29 is 39.9 Å². The van der Waals surface area contributed by atoms with E-state index in [-0.39, 0.29) is 11.3 Å². The number of amides is 1. The van der Waals surface area contributed by atoms with E-state index < -0.39 is 75.6 Å².